The monoisotopic (exact) mass is 226 g/mol. The fraction of sp³-hybridized carbons (Fsp3) is 0.500. The van der Waals surface area contributed by atoms with Gasteiger partial charge in [0.25, 0.3) is 5.91 Å². The lowest BCUT2D eigenvalue weighted by molar-refractivity contribution is -0.141. The molecule has 88 valence electrons. The Morgan fingerprint density at radius 3 is 2.56 bits per heavy atom. The molecule has 0 spiro atoms. The minimum absolute atomic E-state index is 0.155. The van der Waals surface area contributed by atoms with Crippen LogP contribution in [-0.2, 0) is 4.79 Å². The van der Waals surface area contributed by atoms with E-state index in [4.69, 9.17) is 9.63 Å². The van der Waals surface area contributed by atoms with E-state index in [1.54, 1.807) is 13.8 Å². The van der Waals surface area contributed by atoms with Gasteiger partial charge in [-0.1, -0.05) is 5.16 Å². The summed E-state index contributed by atoms with van der Waals surface area (Å²) in [5.41, 5.74) is 0.155. The molecular weight excluding hydrogens is 212 g/mol. The maximum absolute atomic E-state index is 11.6. The average Bonchev–Trinajstić information content (AvgIpc) is 2.63. The molecule has 0 saturated carbocycles. The number of rotatable bonds is 4. The van der Waals surface area contributed by atoms with Crippen LogP contribution in [0.3, 0.4) is 0 Å². The summed E-state index contributed by atoms with van der Waals surface area (Å²) in [6.45, 7) is 4.83. The molecular formula is C10H14N2O4. The second-order valence-electron chi connectivity index (χ2n) is 3.71. The molecule has 0 aromatic carbocycles. The van der Waals surface area contributed by atoms with Crippen LogP contribution in [0.4, 0.5) is 0 Å². The Balaban J connectivity index is 2.61. The second-order valence-corrected chi connectivity index (χ2v) is 3.71. The SMILES string of the molecule is Cc1cc(C(=O)NC(C)C(C)C(=O)O)no1. The van der Waals surface area contributed by atoms with E-state index in [-0.39, 0.29) is 5.69 Å². The van der Waals surface area contributed by atoms with Crippen LogP contribution >= 0.6 is 0 Å². The number of hydrogen-bond donors (Lipinski definition) is 2. The van der Waals surface area contributed by atoms with Crippen molar-refractivity contribution in [3.63, 3.8) is 0 Å². The van der Waals surface area contributed by atoms with Crippen LogP contribution in [0.1, 0.15) is 30.1 Å². The van der Waals surface area contributed by atoms with Crippen molar-refractivity contribution in [2.24, 2.45) is 5.92 Å². The number of nitrogens with one attached hydrogen (secondary N) is 1. The normalized spacial score (nSPS) is 14.2. The van der Waals surface area contributed by atoms with Gasteiger partial charge in [0.15, 0.2) is 5.69 Å². The van der Waals surface area contributed by atoms with Crippen LogP contribution in [0.25, 0.3) is 0 Å². The summed E-state index contributed by atoms with van der Waals surface area (Å²) in [4.78, 5) is 22.2. The molecule has 2 unspecified atom stereocenters. The molecule has 1 aromatic rings. The fourth-order valence-electron chi connectivity index (χ4n) is 1.09. The second kappa shape index (κ2) is 4.78. The molecule has 0 aliphatic carbocycles. The first-order valence-electron chi connectivity index (χ1n) is 4.88. The number of nitrogens with zero attached hydrogens (tertiary/aromatic N) is 1. The van der Waals surface area contributed by atoms with Crippen LogP contribution in [0, 0.1) is 12.8 Å². The molecule has 2 atom stereocenters. The molecule has 1 aromatic heterocycles. The summed E-state index contributed by atoms with van der Waals surface area (Å²) in [7, 11) is 0. The zero-order valence-corrected chi connectivity index (χ0v) is 9.35. The summed E-state index contributed by atoms with van der Waals surface area (Å²) in [6, 6.07) is 1.02. The maximum atomic E-state index is 11.6. The number of carbonyl (C=O) groups is 2. The van der Waals surface area contributed by atoms with Crippen molar-refractivity contribution in [3.05, 3.63) is 17.5 Å². The van der Waals surface area contributed by atoms with Gasteiger partial charge in [-0.25, -0.2) is 0 Å². The van der Waals surface area contributed by atoms with E-state index in [9.17, 15) is 9.59 Å². The minimum Gasteiger partial charge on any atom is -0.481 e. The molecule has 0 aliphatic heterocycles. The molecule has 0 radical (unpaired) electrons. The largest absolute Gasteiger partial charge is 0.481 e. The summed E-state index contributed by atoms with van der Waals surface area (Å²) < 4.78 is 4.75. The third-order valence-corrected chi connectivity index (χ3v) is 2.36. The Morgan fingerprint density at radius 2 is 2.12 bits per heavy atom. The first-order valence-corrected chi connectivity index (χ1v) is 4.88. The Morgan fingerprint density at radius 1 is 1.50 bits per heavy atom. The average molecular weight is 226 g/mol. The summed E-state index contributed by atoms with van der Waals surface area (Å²) >= 11 is 0. The fourth-order valence-corrected chi connectivity index (χ4v) is 1.09. The Labute approximate surface area is 92.6 Å². The highest BCUT2D eigenvalue weighted by atomic mass is 16.5. The van der Waals surface area contributed by atoms with E-state index >= 15 is 0 Å². The number of aromatic nitrogens is 1. The molecule has 0 fully saturated rings. The number of amides is 1. The minimum atomic E-state index is -0.955. The first-order chi connectivity index (χ1) is 7.41. The van der Waals surface area contributed by atoms with Gasteiger partial charge in [-0.2, -0.15) is 0 Å². The highest BCUT2D eigenvalue weighted by Crippen LogP contribution is 2.05. The van der Waals surface area contributed by atoms with E-state index in [1.165, 1.54) is 13.0 Å². The Kier molecular flexibility index (Phi) is 3.65. The quantitative estimate of drug-likeness (QED) is 0.792. The van der Waals surface area contributed by atoms with Crippen LogP contribution in [0.5, 0.6) is 0 Å². The maximum Gasteiger partial charge on any atom is 0.308 e. The number of hydrogen-bond acceptors (Lipinski definition) is 4. The first kappa shape index (κ1) is 12.2. The van der Waals surface area contributed by atoms with Gasteiger partial charge in [-0.05, 0) is 20.8 Å². The highest BCUT2D eigenvalue weighted by Gasteiger charge is 2.22. The molecule has 1 heterocycles. The topological polar surface area (TPSA) is 92.4 Å². The standard InChI is InChI=1S/C10H14N2O4/c1-5-4-8(12-16-5)9(13)11-7(3)6(2)10(14)15/h4,6-7H,1-3H3,(H,11,13)(H,14,15). The van der Waals surface area contributed by atoms with Gasteiger partial charge in [0.1, 0.15) is 5.76 Å². The third kappa shape index (κ3) is 2.82. The van der Waals surface area contributed by atoms with Crippen molar-refractivity contribution in [2.75, 3.05) is 0 Å². The molecule has 2 N–H and O–H groups in total. The smallest absolute Gasteiger partial charge is 0.308 e. The zero-order valence-electron chi connectivity index (χ0n) is 9.35. The highest BCUT2D eigenvalue weighted by molar-refractivity contribution is 5.92. The lowest BCUT2D eigenvalue weighted by Gasteiger charge is -2.16. The van der Waals surface area contributed by atoms with Gasteiger partial charge in [0.05, 0.1) is 5.92 Å². The molecule has 0 saturated heterocycles. The van der Waals surface area contributed by atoms with E-state index in [1.807, 2.05) is 0 Å². The molecule has 16 heavy (non-hydrogen) atoms. The number of carbonyl (C=O) groups excluding carboxylic acids is 1. The zero-order chi connectivity index (χ0) is 12.3. The van der Waals surface area contributed by atoms with Gasteiger partial charge in [-0.3, -0.25) is 9.59 Å². The summed E-state index contributed by atoms with van der Waals surface area (Å²) in [5, 5.41) is 14.8. The number of aryl methyl sites for hydroxylation is 1. The van der Waals surface area contributed by atoms with E-state index < -0.39 is 23.8 Å². The van der Waals surface area contributed by atoms with Gasteiger partial charge in [0.2, 0.25) is 0 Å². The summed E-state index contributed by atoms with van der Waals surface area (Å²) in [6.07, 6.45) is 0. The van der Waals surface area contributed by atoms with Crippen molar-refractivity contribution in [3.8, 4) is 0 Å². The number of carboxylic acids is 1. The lowest BCUT2D eigenvalue weighted by atomic mass is 10.0. The van der Waals surface area contributed by atoms with Crippen molar-refractivity contribution >= 4 is 11.9 Å². The Bertz CT molecular complexity index is 399. The van der Waals surface area contributed by atoms with Crippen LogP contribution < -0.4 is 5.32 Å². The number of aliphatic carboxylic acids is 1. The van der Waals surface area contributed by atoms with Gasteiger partial charge in [-0.15, -0.1) is 0 Å². The molecule has 1 amide bonds. The van der Waals surface area contributed by atoms with Gasteiger partial charge in [0, 0.05) is 12.1 Å². The predicted molar refractivity (Wildman–Crippen MR) is 55.0 cm³/mol. The van der Waals surface area contributed by atoms with Crippen LogP contribution in [0.2, 0.25) is 0 Å². The van der Waals surface area contributed by atoms with E-state index in [0.717, 1.165) is 0 Å². The van der Waals surface area contributed by atoms with Crippen molar-refractivity contribution in [1.29, 1.82) is 0 Å². The Hall–Kier alpha value is -1.85. The van der Waals surface area contributed by atoms with Crippen LogP contribution in [-0.4, -0.2) is 28.2 Å². The molecule has 0 aliphatic rings. The predicted octanol–water partition coefficient (Wildman–Crippen LogP) is 0.822. The number of carboxylic acid groups (broad SMARTS) is 1. The van der Waals surface area contributed by atoms with Crippen LogP contribution in [0.15, 0.2) is 10.6 Å². The molecule has 6 heteroatoms. The molecule has 0 bridgehead atoms. The molecule has 6 nitrogen and oxygen atoms in total. The third-order valence-electron chi connectivity index (χ3n) is 2.36. The van der Waals surface area contributed by atoms with E-state index in [2.05, 4.69) is 10.5 Å². The van der Waals surface area contributed by atoms with Gasteiger partial charge < -0.3 is 14.9 Å². The lowest BCUT2D eigenvalue weighted by Crippen LogP contribution is -2.40. The van der Waals surface area contributed by atoms with Crippen molar-refractivity contribution < 1.29 is 19.2 Å². The molecule has 1 rings (SSSR count). The van der Waals surface area contributed by atoms with Gasteiger partial charge >= 0.3 is 5.97 Å². The van der Waals surface area contributed by atoms with Crippen molar-refractivity contribution in [1.82, 2.24) is 10.5 Å². The summed E-state index contributed by atoms with van der Waals surface area (Å²) in [5.74, 6) is -1.51. The van der Waals surface area contributed by atoms with Crippen molar-refractivity contribution in [2.45, 2.75) is 26.8 Å². The van der Waals surface area contributed by atoms with E-state index in [0.29, 0.717) is 5.76 Å².